The number of pyridine rings is 1. The number of aliphatic carboxylic acids is 1. The number of carbonyl (C=O) groups excluding carboxylic acids is 2. The summed E-state index contributed by atoms with van der Waals surface area (Å²) in [4.78, 5) is 28.9. The third-order valence-electron chi connectivity index (χ3n) is 5.09. The first-order valence-corrected chi connectivity index (χ1v) is 10.5. The number of carbonyl (C=O) groups is 2. The smallest absolute Gasteiger partial charge is 0.416 e. The molecule has 0 aliphatic heterocycles. The molecule has 1 aromatic heterocycles. The van der Waals surface area contributed by atoms with Gasteiger partial charge >= 0.3 is 12.3 Å². The van der Waals surface area contributed by atoms with E-state index in [0.29, 0.717) is 16.7 Å². The molecule has 178 valence electrons. The van der Waals surface area contributed by atoms with Crippen molar-refractivity contribution in [3.05, 3.63) is 89.2 Å². The number of benzene rings is 2. The molecule has 3 rings (SSSR count). The topological polar surface area (TPSA) is 82.6 Å². The maximum atomic E-state index is 13.4. The van der Waals surface area contributed by atoms with Crippen LogP contribution in [0.15, 0.2) is 67.0 Å². The molecule has 0 radical (unpaired) electrons. The second-order valence-corrected chi connectivity index (χ2v) is 7.55. The quantitative estimate of drug-likeness (QED) is 0.491. The van der Waals surface area contributed by atoms with Gasteiger partial charge in [-0.15, -0.1) is 0 Å². The zero-order valence-corrected chi connectivity index (χ0v) is 18.3. The van der Waals surface area contributed by atoms with Gasteiger partial charge in [0.05, 0.1) is 5.56 Å². The average molecular weight is 471 g/mol. The van der Waals surface area contributed by atoms with E-state index in [-0.39, 0.29) is 31.7 Å². The van der Waals surface area contributed by atoms with Crippen LogP contribution in [0.25, 0.3) is 11.1 Å². The van der Waals surface area contributed by atoms with E-state index < -0.39 is 23.8 Å². The van der Waals surface area contributed by atoms with Crippen LogP contribution in [0.1, 0.15) is 29.2 Å². The van der Waals surface area contributed by atoms with Gasteiger partial charge in [-0.05, 0) is 47.4 Å². The highest BCUT2D eigenvalue weighted by Gasteiger charge is 2.31. The van der Waals surface area contributed by atoms with Gasteiger partial charge < -0.3 is 19.5 Å². The SMILES string of the molecule is CCN(Cc1cc(C(F)(F)F)ccc1-c1cncc(CC(=O)[O-])c1)C(=O)OCc1ccccc1. The Labute approximate surface area is 194 Å². The molecule has 1 heterocycles. The minimum absolute atomic E-state index is 0.0286. The van der Waals surface area contributed by atoms with Gasteiger partial charge in [-0.3, -0.25) is 4.98 Å². The van der Waals surface area contributed by atoms with Crippen LogP contribution in [0, 0.1) is 0 Å². The van der Waals surface area contributed by atoms with Crippen molar-refractivity contribution in [1.82, 2.24) is 9.88 Å². The molecule has 3 aromatic rings. The van der Waals surface area contributed by atoms with Crippen LogP contribution in [-0.2, 0) is 35.3 Å². The lowest BCUT2D eigenvalue weighted by molar-refractivity contribution is -0.304. The number of ether oxygens (including phenoxy) is 1. The number of nitrogens with zero attached hydrogens (tertiary/aromatic N) is 2. The van der Waals surface area contributed by atoms with Gasteiger partial charge in [0.2, 0.25) is 0 Å². The molecule has 0 aliphatic rings. The van der Waals surface area contributed by atoms with Crippen LogP contribution in [0.4, 0.5) is 18.0 Å². The lowest BCUT2D eigenvalue weighted by atomic mass is 9.96. The van der Waals surface area contributed by atoms with Crippen molar-refractivity contribution in [1.29, 1.82) is 0 Å². The van der Waals surface area contributed by atoms with Gasteiger partial charge in [-0.25, -0.2) is 4.79 Å². The van der Waals surface area contributed by atoms with Crippen LogP contribution in [-0.4, -0.2) is 28.5 Å². The van der Waals surface area contributed by atoms with Crippen LogP contribution < -0.4 is 5.11 Å². The molecule has 0 bridgehead atoms. The Morgan fingerprint density at radius 3 is 2.41 bits per heavy atom. The molecule has 0 atom stereocenters. The summed E-state index contributed by atoms with van der Waals surface area (Å²) < 4.78 is 45.6. The molecule has 0 spiro atoms. The number of carboxylic acids is 1. The monoisotopic (exact) mass is 471 g/mol. The number of carboxylic acid groups (broad SMARTS) is 1. The van der Waals surface area contributed by atoms with E-state index in [4.69, 9.17) is 4.74 Å². The van der Waals surface area contributed by atoms with Crippen LogP contribution in [0.3, 0.4) is 0 Å². The first-order valence-electron chi connectivity index (χ1n) is 10.5. The summed E-state index contributed by atoms with van der Waals surface area (Å²) in [5, 5.41) is 10.9. The molecular formula is C25H22F3N2O4-. The number of hydrogen-bond donors (Lipinski definition) is 0. The Kier molecular flexibility index (Phi) is 7.88. The molecular weight excluding hydrogens is 449 g/mol. The second kappa shape index (κ2) is 10.8. The van der Waals surface area contributed by atoms with Crippen molar-refractivity contribution in [3.8, 4) is 11.1 Å². The summed E-state index contributed by atoms with van der Waals surface area (Å²) in [6.07, 6.45) is -2.85. The Morgan fingerprint density at radius 1 is 1.03 bits per heavy atom. The highest BCUT2D eigenvalue weighted by Crippen LogP contribution is 2.34. The zero-order valence-electron chi connectivity index (χ0n) is 18.3. The minimum atomic E-state index is -4.58. The zero-order chi connectivity index (χ0) is 24.7. The van der Waals surface area contributed by atoms with E-state index in [9.17, 15) is 27.9 Å². The normalized spacial score (nSPS) is 11.2. The predicted molar refractivity (Wildman–Crippen MR) is 116 cm³/mol. The third kappa shape index (κ3) is 6.57. The number of hydrogen-bond acceptors (Lipinski definition) is 5. The molecule has 9 heteroatoms. The van der Waals surface area contributed by atoms with Gasteiger partial charge in [0.1, 0.15) is 6.61 Å². The maximum Gasteiger partial charge on any atom is 0.416 e. The van der Waals surface area contributed by atoms with Crippen molar-refractivity contribution >= 4 is 12.1 Å². The van der Waals surface area contributed by atoms with Gasteiger partial charge in [-0.1, -0.05) is 36.4 Å². The lowest BCUT2D eigenvalue weighted by Crippen LogP contribution is -2.31. The molecule has 0 saturated heterocycles. The fourth-order valence-corrected chi connectivity index (χ4v) is 3.40. The third-order valence-corrected chi connectivity index (χ3v) is 5.09. The highest BCUT2D eigenvalue weighted by molar-refractivity contribution is 5.73. The molecule has 0 fully saturated rings. The number of alkyl halides is 3. The van der Waals surface area contributed by atoms with E-state index >= 15 is 0 Å². The Hall–Kier alpha value is -3.88. The van der Waals surface area contributed by atoms with Gasteiger partial charge in [-0.2, -0.15) is 13.2 Å². The fraction of sp³-hybridized carbons (Fsp3) is 0.240. The Balaban J connectivity index is 1.91. The van der Waals surface area contributed by atoms with Gasteiger partial charge in [0, 0.05) is 43.4 Å². The summed E-state index contributed by atoms with van der Waals surface area (Å²) in [5.74, 6) is -1.30. The van der Waals surface area contributed by atoms with E-state index in [1.54, 1.807) is 31.2 Å². The Morgan fingerprint density at radius 2 is 1.76 bits per heavy atom. The van der Waals surface area contributed by atoms with Crippen molar-refractivity contribution in [3.63, 3.8) is 0 Å². The molecule has 0 N–H and O–H groups in total. The number of amides is 1. The van der Waals surface area contributed by atoms with Crippen molar-refractivity contribution in [2.45, 2.75) is 32.7 Å². The van der Waals surface area contributed by atoms with Crippen molar-refractivity contribution in [2.75, 3.05) is 6.54 Å². The molecule has 6 nitrogen and oxygen atoms in total. The van der Waals surface area contributed by atoms with E-state index in [0.717, 1.165) is 17.7 Å². The van der Waals surface area contributed by atoms with Crippen LogP contribution in [0.5, 0.6) is 0 Å². The molecule has 34 heavy (non-hydrogen) atoms. The summed E-state index contributed by atoms with van der Waals surface area (Å²) >= 11 is 0. The maximum absolute atomic E-state index is 13.4. The Bertz CT molecular complexity index is 1150. The van der Waals surface area contributed by atoms with Gasteiger partial charge in [0.15, 0.2) is 0 Å². The minimum Gasteiger partial charge on any atom is -0.550 e. The largest absolute Gasteiger partial charge is 0.550 e. The number of halogens is 3. The molecule has 1 amide bonds. The lowest BCUT2D eigenvalue weighted by Gasteiger charge is -2.23. The molecule has 0 saturated carbocycles. The first-order chi connectivity index (χ1) is 16.2. The number of rotatable bonds is 8. The van der Waals surface area contributed by atoms with Gasteiger partial charge in [0.25, 0.3) is 0 Å². The number of aromatic nitrogens is 1. The predicted octanol–water partition coefficient (Wildman–Crippen LogP) is 4.22. The van der Waals surface area contributed by atoms with E-state index in [2.05, 4.69) is 4.98 Å². The summed E-state index contributed by atoms with van der Waals surface area (Å²) in [6.45, 7) is 1.78. The molecule has 0 unspecified atom stereocenters. The van der Waals surface area contributed by atoms with E-state index in [1.165, 1.54) is 29.4 Å². The van der Waals surface area contributed by atoms with E-state index in [1.807, 2.05) is 6.07 Å². The summed E-state index contributed by atoms with van der Waals surface area (Å²) in [7, 11) is 0. The molecule has 2 aromatic carbocycles. The highest BCUT2D eigenvalue weighted by atomic mass is 19.4. The molecule has 0 aliphatic carbocycles. The fourth-order valence-electron chi connectivity index (χ4n) is 3.40. The van der Waals surface area contributed by atoms with Crippen molar-refractivity contribution in [2.24, 2.45) is 0 Å². The first kappa shape index (κ1) is 24.8. The van der Waals surface area contributed by atoms with Crippen LogP contribution in [0.2, 0.25) is 0 Å². The standard InChI is InChI=1S/C25H23F3N2O4/c1-2-30(24(33)34-16-17-6-4-3-5-7-17)15-20-12-21(25(26,27)28)8-9-22(20)19-10-18(11-23(31)32)13-29-14-19/h3-10,12-14H,2,11,15-16H2,1H3,(H,31,32)/p-1. The average Bonchev–Trinajstić information content (AvgIpc) is 2.80. The second-order valence-electron chi connectivity index (χ2n) is 7.55. The van der Waals surface area contributed by atoms with Crippen molar-refractivity contribution < 1.29 is 32.6 Å². The summed E-state index contributed by atoms with van der Waals surface area (Å²) in [6, 6.07) is 13.8. The van der Waals surface area contributed by atoms with Crippen LogP contribution >= 0.6 is 0 Å². The summed E-state index contributed by atoms with van der Waals surface area (Å²) in [5.41, 5.74) is 1.31.